The normalized spacial score (nSPS) is 18.1. The van der Waals surface area contributed by atoms with Gasteiger partial charge < -0.3 is 10.2 Å². The molecule has 0 radical (unpaired) electrons. The minimum absolute atomic E-state index is 0.00340. The third-order valence-corrected chi connectivity index (χ3v) is 3.84. The van der Waals surface area contributed by atoms with Gasteiger partial charge in [0.05, 0.1) is 5.92 Å². The lowest BCUT2D eigenvalue weighted by atomic mass is 10.1. The number of hydrogen-bond acceptors (Lipinski definition) is 2. The van der Waals surface area contributed by atoms with Crippen molar-refractivity contribution in [1.29, 1.82) is 0 Å². The number of unbranched alkanes of at least 4 members (excludes halogenated alkanes) is 1. The Bertz CT molecular complexity index is 519. The van der Waals surface area contributed by atoms with Gasteiger partial charge in [-0.2, -0.15) is 0 Å². The molecule has 21 heavy (non-hydrogen) atoms. The van der Waals surface area contributed by atoms with Crippen LogP contribution in [-0.2, 0) is 9.59 Å². The molecule has 2 amide bonds. The Morgan fingerprint density at radius 2 is 1.95 bits per heavy atom. The number of nitrogens with one attached hydrogen (secondary N) is 1. The largest absolute Gasteiger partial charge is 0.356 e. The van der Waals surface area contributed by atoms with Gasteiger partial charge in [0.25, 0.3) is 0 Å². The number of nitrogens with zero attached hydrogens (tertiary/aromatic N) is 1. The van der Waals surface area contributed by atoms with Crippen molar-refractivity contribution in [3.63, 3.8) is 0 Å². The molecule has 2 rings (SSSR count). The monoisotopic (exact) mass is 288 g/mol. The summed E-state index contributed by atoms with van der Waals surface area (Å²) in [4.78, 5) is 26.0. The quantitative estimate of drug-likeness (QED) is 0.847. The molecular weight excluding hydrogens is 264 g/mol. The second-order valence-electron chi connectivity index (χ2n) is 5.90. The zero-order valence-corrected chi connectivity index (χ0v) is 13.1. The molecule has 0 saturated carbocycles. The van der Waals surface area contributed by atoms with Crippen LogP contribution >= 0.6 is 0 Å². The van der Waals surface area contributed by atoms with Crippen molar-refractivity contribution in [2.24, 2.45) is 5.92 Å². The molecule has 1 aliphatic heterocycles. The molecule has 1 atom stereocenters. The molecule has 1 fully saturated rings. The van der Waals surface area contributed by atoms with E-state index in [1.54, 1.807) is 4.90 Å². The molecule has 0 aliphatic carbocycles. The summed E-state index contributed by atoms with van der Waals surface area (Å²) in [6.07, 6.45) is 2.34. The molecule has 4 nitrogen and oxygen atoms in total. The highest BCUT2D eigenvalue weighted by molar-refractivity contribution is 6.00. The summed E-state index contributed by atoms with van der Waals surface area (Å²) < 4.78 is 0. The Balaban J connectivity index is 2.04. The fourth-order valence-corrected chi connectivity index (χ4v) is 2.77. The summed E-state index contributed by atoms with van der Waals surface area (Å²) in [5.41, 5.74) is 3.17. The Kier molecular flexibility index (Phi) is 4.99. The number of rotatable bonds is 5. The van der Waals surface area contributed by atoms with Crippen LogP contribution in [-0.4, -0.2) is 24.9 Å². The van der Waals surface area contributed by atoms with Crippen molar-refractivity contribution >= 4 is 17.5 Å². The lowest BCUT2D eigenvalue weighted by Crippen LogP contribution is -2.33. The van der Waals surface area contributed by atoms with Gasteiger partial charge in [0.2, 0.25) is 11.8 Å². The molecule has 1 aliphatic rings. The van der Waals surface area contributed by atoms with Gasteiger partial charge in [-0.3, -0.25) is 9.59 Å². The van der Waals surface area contributed by atoms with Crippen LogP contribution in [0.25, 0.3) is 0 Å². The van der Waals surface area contributed by atoms with Gasteiger partial charge in [-0.25, -0.2) is 0 Å². The van der Waals surface area contributed by atoms with Crippen LogP contribution in [0.5, 0.6) is 0 Å². The summed E-state index contributed by atoms with van der Waals surface area (Å²) in [6.45, 7) is 7.31. The van der Waals surface area contributed by atoms with E-state index in [1.165, 1.54) is 0 Å². The number of benzene rings is 1. The van der Waals surface area contributed by atoms with Crippen LogP contribution in [0.2, 0.25) is 0 Å². The van der Waals surface area contributed by atoms with Gasteiger partial charge in [0.1, 0.15) is 0 Å². The zero-order valence-electron chi connectivity index (χ0n) is 13.1. The number of anilines is 1. The van der Waals surface area contributed by atoms with Crippen molar-refractivity contribution in [2.45, 2.75) is 40.0 Å². The van der Waals surface area contributed by atoms with Gasteiger partial charge >= 0.3 is 0 Å². The maximum Gasteiger partial charge on any atom is 0.227 e. The maximum absolute atomic E-state index is 12.2. The van der Waals surface area contributed by atoms with Crippen LogP contribution in [0.4, 0.5) is 5.69 Å². The standard InChI is InChI=1S/C17H24N2O2/c1-4-5-6-18-17(21)14-10-16(20)19(11-14)15-8-12(2)7-13(3)9-15/h7-9,14H,4-6,10-11H2,1-3H3,(H,18,21). The summed E-state index contributed by atoms with van der Waals surface area (Å²) >= 11 is 0. The van der Waals surface area contributed by atoms with Crippen LogP contribution in [0.15, 0.2) is 18.2 Å². The summed E-state index contributed by atoms with van der Waals surface area (Å²) in [5, 5.41) is 2.92. The number of carbonyl (C=O) groups is 2. The summed E-state index contributed by atoms with van der Waals surface area (Å²) in [7, 11) is 0. The van der Waals surface area contributed by atoms with Crippen molar-refractivity contribution in [3.8, 4) is 0 Å². The highest BCUT2D eigenvalue weighted by Crippen LogP contribution is 2.27. The molecule has 1 saturated heterocycles. The van der Waals surface area contributed by atoms with Crippen molar-refractivity contribution < 1.29 is 9.59 Å². The predicted octanol–water partition coefficient (Wildman–Crippen LogP) is 2.57. The predicted molar refractivity (Wildman–Crippen MR) is 84.3 cm³/mol. The second-order valence-corrected chi connectivity index (χ2v) is 5.90. The number of carbonyl (C=O) groups excluding carboxylic acids is 2. The summed E-state index contributed by atoms with van der Waals surface area (Å²) in [6, 6.07) is 6.09. The van der Waals surface area contributed by atoms with Crippen LogP contribution in [0, 0.1) is 19.8 Å². The van der Waals surface area contributed by atoms with Crippen LogP contribution < -0.4 is 10.2 Å². The smallest absolute Gasteiger partial charge is 0.227 e. The highest BCUT2D eigenvalue weighted by Gasteiger charge is 2.34. The van der Waals surface area contributed by atoms with Gasteiger partial charge in [-0.15, -0.1) is 0 Å². The van der Waals surface area contributed by atoms with Gasteiger partial charge in [-0.1, -0.05) is 19.4 Å². The molecule has 0 aromatic heterocycles. The molecule has 1 heterocycles. The minimum atomic E-state index is -0.227. The second kappa shape index (κ2) is 6.74. The van der Waals surface area contributed by atoms with E-state index < -0.39 is 0 Å². The Morgan fingerprint density at radius 1 is 1.29 bits per heavy atom. The van der Waals surface area contributed by atoms with Crippen molar-refractivity contribution in [3.05, 3.63) is 29.3 Å². The van der Waals surface area contributed by atoms with Crippen molar-refractivity contribution in [1.82, 2.24) is 5.32 Å². The Labute approximate surface area is 126 Å². The van der Waals surface area contributed by atoms with Crippen LogP contribution in [0.1, 0.15) is 37.3 Å². The first kappa shape index (κ1) is 15.5. The molecule has 0 spiro atoms. The molecule has 0 bridgehead atoms. The lowest BCUT2D eigenvalue weighted by Gasteiger charge is -2.18. The SMILES string of the molecule is CCCCNC(=O)C1CC(=O)N(c2cc(C)cc(C)c2)C1. The summed E-state index contributed by atoms with van der Waals surface area (Å²) in [5.74, 6) is -0.186. The maximum atomic E-state index is 12.2. The first-order valence-corrected chi connectivity index (χ1v) is 7.67. The molecule has 1 aromatic carbocycles. The van der Waals surface area contributed by atoms with E-state index in [-0.39, 0.29) is 17.7 Å². The van der Waals surface area contributed by atoms with Gasteiger partial charge in [0.15, 0.2) is 0 Å². The molecule has 114 valence electrons. The number of aryl methyl sites for hydroxylation is 2. The lowest BCUT2D eigenvalue weighted by molar-refractivity contribution is -0.126. The van der Waals surface area contributed by atoms with Crippen molar-refractivity contribution in [2.75, 3.05) is 18.0 Å². The molecule has 1 N–H and O–H groups in total. The average Bonchev–Trinajstić information content (AvgIpc) is 2.80. The fourth-order valence-electron chi connectivity index (χ4n) is 2.77. The highest BCUT2D eigenvalue weighted by atomic mass is 16.2. The first-order valence-electron chi connectivity index (χ1n) is 7.67. The van der Waals surface area contributed by atoms with E-state index in [2.05, 4.69) is 18.3 Å². The fraction of sp³-hybridized carbons (Fsp3) is 0.529. The molecule has 1 unspecified atom stereocenters. The minimum Gasteiger partial charge on any atom is -0.356 e. The van der Waals surface area contributed by atoms with Gasteiger partial charge in [0, 0.05) is 25.2 Å². The average molecular weight is 288 g/mol. The van der Waals surface area contributed by atoms with Gasteiger partial charge in [-0.05, 0) is 43.5 Å². The van der Waals surface area contributed by atoms with E-state index in [1.807, 2.05) is 26.0 Å². The van der Waals surface area contributed by atoms with E-state index >= 15 is 0 Å². The Morgan fingerprint density at radius 3 is 2.57 bits per heavy atom. The zero-order chi connectivity index (χ0) is 15.4. The first-order chi connectivity index (χ1) is 10.0. The topological polar surface area (TPSA) is 49.4 Å². The van der Waals surface area contributed by atoms with E-state index in [4.69, 9.17) is 0 Å². The Hall–Kier alpha value is -1.84. The number of hydrogen-bond donors (Lipinski definition) is 1. The van der Waals surface area contributed by atoms with E-state index in [0.717, 1.165) is 29.7 Å². The van der Waals surface area contributed by atoms with E-state index in [0.29, 0.717) is 19.5 Å². The molecule has 1 aromatic rings. The third kappa shape index (κ3) is 3.84. The third-order valence-electron chi connectivity index (χ3n) is 3.84. The molecule has 4 heteroatoms. The van der Waals surface area contributed by atoms with E-state index in [9.17, 15) is 9.59 Å². The number of amides is 2. The molecular formula is C17H24N2O2. The van der Waals surface area contributed by atoms with Crippen LogP contribution in [0.3, 0.4) is 0 Å².